The number of carbonyl (C=O) groups excluding carboxylic acids is 4. The van der Waals surface area contributed by atoms with Gasteiger partial charge < -0.3 is 44.0 Å². The van der Waals surface area contributed by atoms with Gasteiger partial charge in [0, 0.05) is 13.0 Å². The second-order valence-electron chi connectivity index (χ2n) is 9.11. The van der Waals surface area contributed by atoms with Crippen LogP contribution in [0.2, 0.25) is 0 Å². The molecule has 0 radical (unpaired) electrons. The number of guanidine groups is 1. The van der Waals surface area contributed by atoms with Gasteiger partial charge in [0.1, 0.15) is 18.1 Å². The molecule has 210 valence electrons. The van der Waals surface area contributed by atoms with Gasteiger partial charge in [-0.15, -0.1) is 0 Å². The highest BCUT2D eigenvalue weighted by atomic mass is 16.4. The maximum atomic E-state index is 13.3. The van der Waals surface area contributed by atoms with Crippen LogP contribution in [0.1, 0.15) is 38.7 Å². The molecule has 1 aromatic rings. The van der Waals surface area contributed by atoms with Crippen molar-refractivity contribution in [1.82, 2.24) is 16.0 Å². The molecule has 4 amide bonds. The van der Waals surface area contributed by atoms with E-state index in [0.29, 0.717) is 5.56 Å². The Morgan fingerprint density at radius 3 is 2.00 bits per heavy atom. The number of benzene rings is 1. The Labute approximate surface area is 221 Å². The molecule has 4 unspecified atom stereocenters. The molecule has 1 rings (SSSR count). The van der Waals surface area contributed by atoms with Crippen LogP contribution < -0.4 is 38.9 Å². The minimum absolute atomic E-state index is 0.0543. The topological polar surface area (TPSA) is 258 Å². The summed E-state index contributed by atoms with van der Waals surface area (Å²) in [4.78, 5) is 65.5. The van der Waals surface area contributed by atoms with Crippen molar-refractivity contribution >= 4 is 35.6 Å². The second kappa shape index (κ2) is 15.8. The number of rotatable bonds is 16. The first-order chi connectivity index (χ1) is 17.8. The summed E-state index contributed by atoms with van der Waals surface area (Å²) in [5.74, 6) is -4.79. The number of carboxylic acid groups (broad SMARTS) is 1. The van der Waals surface area contributed by atoms with Gasteiger partial charge in [0.25, 0.3) is 0 Å². The highest BCUT2D eigenvalue weighted by Gasteiger charge is 2.31. The molecule has 0 bridgehead atoms. The average molecular weight is 535 g/mol. The number of nitrogens with one attached hydrogen (secondary N) is 3. The van der Waals surface area contributed by atoms with Crippen LogP contribution in [0.4, 0.5) is 0 Å². The lowest BCUT2D eigenvalue weighted by atomic mass is 10.0. The molecule has 38 heavy (non-hydrogen) atoms. The zero-order chi connectivity index (χ0) is 28.8. The largest absolute Gasteiger partial charge is 0.480 e. The quantitative estimate of drug-likeness (QED) is 0.0642. The van der Waals surface area contributed by atoms with Crippen LogP contribution in [-0.2, 0) is 30.4 Å². The summed E-state index contributed by atoms with van der Waals surface area (Å²) in [6.07, 6.45) is -0.0237. The van der Waals surface area contributed by atoms with Crippen LogP contribution in [0.3, 0.4) is 0 Å². The van der Waals surface area contributed by atoms with Crippen LogP contribution in [0.25, 0.3) is 0 Å². The molecule has 1 aromatic carbocycles. The lowest BCUT2D eigenvalue weighted by Crippen LogP contribution is -2.58. The van der Waals surface area contributed by atoms with Crippen molar-refractivity contribution in [1.29, 1.82) is 0 Å². The number of nitrogens with two attached hydrogens (primary N) is 4. The molecule has 14 nitrogen and oxygen atoms in total. The number of aliphatic imine (C=N–C) groups is 1. The molecule has 12 N–H and O–H groups in total. The van der Waals surface area contributed by atoms with Crippen molar-refractivity contribution < 1.29 is 29.1 Å². The molecule has 0 spiro atoms. The summed E-state index contributed by atoms with van der Waals surface area (Å²) in [5.41, 5.74) is 22.2. The van der Waals surface area contributed by atoms with E-state index in [0.717, 1.165) is 0 Å². The van der Waals surface area contributed by atoms with Crippen LogP contribution in [0, 0.1) is 5.92 Å². The SMILES string of the molecule is CC(C)C(NC(=O)C(Cc1ccccc1)NC(=O)C(CCCN=C(N)N)NC(=O)C(N)CC(N)=O)C(=O)O. The van der Waals surface area contributed by atoms with Crippen LogP contribution in [-0.4, -0.2) is 71.4 Å². The predicted octanol–water partition coefficient (Wildman–Crippen LogP) is -2.32. The van der Waals surface area contributed by atoms with Crippen molar-refractivity contribution in [2.24, 2.45) is 33.8 Å². The highest BCUT2D eigenvalue weighted by molar-refractivity contribution is 5.95. The van der Waals surface area contributed by atoms with E-state index in [1.54, 1.807) is 44.2 Å². The Hall–Kier alpha value is -4.20. The third-order valence-electron chi connectivity index (χ3n) is 5.48. The molecule has 0 aliphatic heterocycles. The van der Waals surface area contributed by atoms with Gasteiger partial charge in [-0.1, -0.05) is 44.2 Å². The van der Waals surface area contributed by atoms with Gasteiger partial charge in [0.15, 0.2) is 5.96 Å². The lowest BCUT2D eigenvalue weighted by molar-refractivity contribution is -0.143. The first-order valence-electron chi connectivity index (χ1n) is 12.1. The lowest BCUT2D eigenvalue weighted by Gasteiger charge is -2.26. The molecule has 0 fully saturated rings. The van der Waals surface area contributed by atoms with E-state index < -0.39 is 66.1 Å². The third kappa shape index (κ3) is 11.7. The fourth-order valence-electron chi connectivity index (χ4n) is 3.46. The number of hydrogen-bond acceptors (Lipinski definition) is 7. The number of carboxylic acids is 1. The van der Waals surface area contributed by atoms with Gasteiger partial charge in [-0.25, -0.2) is 4.79 Å². The number of primary amides is 1. The molecule has 0 aromatic heterocycles. The van der Waals surface area contributed by atoms with Crippen LogP contribution in [0.15, 0.2) is 35.3 Å². The van der Waals surface area contributed by atoms with Gasteiger partial charge in [-0.3, -0.25) is 24.2 Å². The molecule has 0 saturated carbocycles. The predicted molar refractivity (Wildman–Crippen MR) is 140 cm³/mol. The number of carbonyl (C=O) groups is 5. The molecule has 0 aliphatic carbocycles. The van der Waals surface area contributed by atoms with E-state index in [1.165, 1.54) is 0 Å². The zero-order valence-corrected chi connectivity index (χ0v) is 21.6. The molecule has 14 heteroatoms. The fourth-order valence-corrected chi connectivity index (χ4v) is 3.46. The molecule has 4 atom stereocenters. The minimum Gasteiger partial charge on any atom is -0.480 e. The summed E-state index contributed by atoms with van der Waals surface area (Å²) >= 11 is 0. The molecule has 0 aliphatic rings. The van der Waals surface area contributed by atoms with E-state index in [4.69, 9.17) is 22.9 Å². The van der Waals surface area contributed by atoms with E-state index >= 15 is 0 Å². The maximum Gasteiger partial charge on any atom is 0.326 e. The Bertz CT molecular complexity index is 997. The van der Waals surface area contributed by atoms with Gasteiger partial charge >= 0.3 is 5.97 Å². The third-order valence-corrected chi connectivity index (χ3v) is 5.48. The summed E-state index contributed by atoms with van der Waals surface area (Å²) in [6.45, 7) is 3.45. The average Bonchev–Trinajstić information content (AvgIpc) is 2.83. The molecular formula is C24H38N8O6. The van der Waals surface area contributed by atoms with Gasteiger partial charge in [-0.05, 0) is 24.3 Å². The normalized spacial score (nSPS) is 13.9. The van der Waals surface area contributed by atoms with E-state index in [1.807, 2.05) is 0 Å². The number of hydrogen-bond donors (Lipinski definition) is 8. The van der Waals surface area contributed by atoms with Crippen molar-refractivity contribution in [2.45, 2.75) is 63.7 Å². The van der Waals surface area contributed by atoms with Crippen LogP contribution in [0.5, 0.6) is 0 Å². The van der Waals surface area contributed by atoms with Gasteiger partial charge in [-0.2, -0.15) is 0 Å². The molecule has 0 heterocycles. The molecular weight excluding hydrogens is 496 g/mol. The zero-order valence-electron chi connectivity index (χ0n) is 21.6. The molecule has 0 saturated heterocycles. The first kappa shape index (κ1) is 31.8. The summed E-state index contributed by atoms with van der Waals surface area (Å²) in [5, 5.41) is 17.0. The maximum absolute atomic E-state index is 13.3. The van der Waals surface area contributed by atoms with Crippen molar-refractivity contribution in [3.8, 4) is 0 Å². The fraction of sp³-hybridized carbons (Fsp3) is 0.500. The summed E-state index contributed by atoms with van der Waals surface area (Å²) in [6, 6.07) is 4.00. The van der Waals surface area contributed by atoms with Gasteiger partial charge in [0.05, 0.1) is 12.5 Å². The Balaban J connectivity index is 3.15. The minimum atomic E-state index is -1.29. The van der Waals surface area contributed by atoms with Crippen molar-refractivity contribution in [3.63, 3.8) is 0 Å². The van der Waals surface area contributed by atoms with Crippen molar-refractivity contribution in [2.75, 3.05) is 6.54 Å². The van der Waals surface area contributed by atoms with E-state index in [2.05, 4.69) is 20.9 Å². The number of nitrogens with zero attached hydrogens (tertiary/aromatic N) is 1. The van der Waals surface area contributed by atoms with Crippen LogP contribution >= 0.6 is 0 Å². The highest BCUT2D eigenvalue weighted by Crippen LogP contribution is 2.08. The summed E-state index contributed by atoms with van der Waals surface area (Å²) in [7, 11) is 0. The number of amides is 4. The Morgan fingerprint density at radius 2 is 1.47 bits per heavy atom. The Morgan fingerprint density at radius 1 is 0.895 bits per heavy atom. The van der Waals surface area contributed by atoms with E-state index in [-0.39, 0.29) is 31.8 Å². The first-order valence-corrected chi connectivity index (χ1v) is 12.1. The Kier molecular flexibility index (Phi) is 13.2. The monoisotopic (exact) mass is 534 g/mol. The smallest absolute Gasteiger partial charge is 0.326 e. The van der Waals surface area contributed by atoms with Crippen molar-refractivity contribution in [3.05, 3.63) is 35.9 Å². The second-order valence-corrected chi connectivity index (χ2v) is 9.11. The number of aliphatic carboxylic acids is 1. The summed E-state index contributed by atoms with van der Waals surface area (Å²) < 4.78 is 0. The van der Waals surface area contributed by atoms with Gasteiger partial charge in [0.2, 0.25) is 23.6 Å². The standard InChI is InChI=1S/C24H38N8O6/c1-13(2)19(23(37)38)32-22(36)17(11-14-7-4-3-5-8-14)31-21(35)16(9-6-10-29-24(27)28)30-20(34)15(25)12-18(26)33/h3-5,7-8,13,15-17,19H,6,9-12,25H2,1-2H3,(H2,26,33)(H,30,34)(H,31,35)(H,32,36)(H,37,38)(H4,27,28,29). The van der Waals surface area contributed by atoms with E-state index in [9.17, 15) is 29.1 Å².